The Labute approximate surface area is 148 Å². The van der Waals surface area contributed by atoms with Gasteiger partial charge in [0.25, 0.3) is 0 Å². The highest BCUT2D eigenvalue weighted by Crippen LogP contribution is 2.33. The lowest BCUT2D eigenvalue weighted by Crippen LogP contribution is -2.17. The van der Waals surface area contributed by atoms with Crippen molar-refractivity contribution >= 4 is 17.5 Å². The third-order valence-electron chi connectivity index (χ3n) is 3.30. The summed E-state index contributed by atoms with van der Waals surface area (Å²) in [6.45, 7) is 1.44. The highest BCUT2D eigenvalue weighted by molar-refractivity contribution is 5.95. The van der Waals surface area contributed by atoms with Gasteiger partial charge in [0, 0.05) is 11.9 Å². The van der Waals surface area contributed by atoms with Crippen LogP contribution in [0, 0.1) is 6.92 Å². The number of benzene rings is 1. The van der Waals surface area contributed by atoms with E-state index in [2.05, 4.69) is 19.8 Å². The molecule has 5 nitrogen and oxygen atoms in total. The lowest BCUT2D eigenvalue weighted by molar-refractivity contribution is -0.274. The lowest BCUT2D eigenvalue weighted by atomic mass is 10.1. The van der Waals surface area contributed by atoms with Crippen molar-refractivity contribution in [3.63, 3.8) is 0 Å². The predicted octanol–water partition coefficient (Wildman–Crippen LogP) is 4.84. The highest BCUT2D eigenvalue weighted by Gasteiger charge is 2.33. The van der Waals surface area contributed by atoms with Crippen molar-refractivity contribution in [1.29, 1.82) is 0 Å². The van der Waals surface area contributed by atoms with Crippen molar-refractivity contribution < 1.29 is 40.6 Å². The van der Waals surface area contributed by atoms with Crippen LogP contribution in [0.25, 0.3) is 0 Å². The van der Waals surface area contributed by atoms with Crippen molar-refractivity contribution in [3.8, 4) is 5.75 Å². The SMILES string of the molecule is COC(=O)c1cc(C(F)(F)F)cnc1Nc1ccc(OC(F)(F)F)cc1C. The lowest BCUT2D eigenvalue weighted by Gasteiger charge is -2.15. The van der Waals surface area contributed by atoms with E-state index in [0.29, 0.717) is 12.3 Å². The largest absolute Gasteiger partial charge is 0.573 e. The van der Waals surface area contributed by atoms with Gasteiger partial charge in [-0.05, 0) is 36.8 Å². The molecule has 1 heterocycles. The Morgan fingerprint density at radius 3 is 2.30 bits per heavy atom. The summed E-state index contributed by atoms with van der Waals surface area (Å²) in [4.78, 5) is 15.4. The molecule has 0 unspecified atom stereocenters. The van der Waals surface area contributed by atoms with Gasteiger partial charge in [0.05, 0.1) is 12.7 Å². The number of aromatic nitrogens is 1. The van der Waals surface area contributed by atoms with E-state index in [0.717, 1.165) is 19.2 Å². The zero-order valence-electron chi connectivity index (χ0n) is 13.8. The minimum Gasteiger partial charge on any atom is -0.465 e. The van der Waals surface area contributed by atoms with Gasteiger partial charge in [0.15, 0.2) is 0 Å². The molecule has 1 aromatic heterocycles. The second-order valence-electron chi connectivity index (χ2n) is 5.26. The molecule has 0 bridgehead atoms. The summed E-state index contributed by atoms with van der Waals surface area (Å²) in [6.07, 6.45) is -9.07. The maximum Gasteiger partial charge on any atom is 0.573 e. The topological polar surface area (TPSA) is 60.5 Å². The molecule has 1 aromatic carbocycles. The predicted molar refractivity (Wildman–Crippen MR) is 81.7 cm³/mol. The third-order valence-corrected chi connectivity index (χ3v) is 3.30. The van der Waals surface area contributed by atoms with Crippen LogP contribution in [-0.4, -0.2) is 24.4 Å². The molecule has 0 amide bonds. The Hall–Kier alpha value is -2.98. The molecule has 0 atom stereocenters. The quantitative estimate of drug-likeness (QED) is 0.594. The van der Waals surface area contributed by atoms with E-state index in [1.54, 1.807) is 0 Å². The van der Waals surface area contributed by atoms with E-state index in [-0.39, 0.29) is 17.1 Å². The summed E-state index contributed by atoms with van der Waals surface area (Å²) >= 11 is 0. The molecule has 2 rings (SSSR count). The van der Waals surface area contributed by atoms with Crippen LogP contribution in [0.1, 0.15) is 21.5 Å². The first-order valence-electron chi connectivity index (χ1n) is 7.19. The molecule has 2 aromatic rings. The monoisotopic (exact) mass is 394 g/mol. The fourth-order valence-electron chi connectivity index (χ4n) is 2.09. The standard InChI is InChI=1S/C16H12F6N2O3/c1-8-5-10(27-16(20,21)22)3-4-12(8)24-13-11(14(25)26-2)6-9(7-23-13)15(17,18)19/h3-7H,1-2H3,(H,23,24). The highest BCUT2D eigenvalue weighted by atomic mass is 19.4. The molecule has 0 fully saturated rings. The van der Waals surface area contributed by atoms with Gasteiger partial charge in [-0.1, -0.05) is 0 Å². The van der Waals surface area contributed by atoms with E-state index in [1.165, 1.54) is 13.0 Å². The molecule has 0 aliphatic heterocycles. The number of carbonyl (C=O) groups excluding carboxylic acids is 1. The Balaban J connectivity index is 2.38. The minimum absolute atomic E-state index is 0.210. The molecule has 0 aliphatic carbocycles. The number of pyridine rings is 1. The smallest absolute Gasteiger partial charge is 0.465 e. The summed E-state index contributed by atoms with van der Waals surface area (Å²) in [6, 6.07) is 3.84. The Morgan fingerprint density at radius 1 is 1.11 bits per heavy atom. The van der Waals surface area contributed by atoms with Crippen molar-refractivity contribution in [2.24, 2.45) is 0 Å². The number of ether oxygens (including phenoxy) is 2. The Bertz CT molecular complexity index is 849. The molecule has 1 N–H and O–H groups in total. The summed E-state index contributed by atoms with van der Waals surface area (Å²) in [5.74, 6) is -1.78. The van der Waals surface area contributed by atoms with Gasteiger partial charge in [0.1, 0.15) is 17.1 Å². The fourth-order valence-corrected chi connectivity index (χ4v) is 2.09. The van der Waals surface area contributed by atoms with E-state index >= 15 is 0 Å². The van der Waals surface area contributed by atoms with E-state index in [9.17, 15) is 31.1 Å². The molecule has 146 valence electrons. The molecular weight excluding hydrogens is 382 g/mol. The van der Waals surface area contributed by atoms with Crippen LogP contribution >= 0.6 is 0 Å². The first kappa shape index (κ1) is 20.3. The average Bonchev–Trinajstić information content (AvgIpc) is 2.54. The number of halogens is 6. The molecule has 0 spiro atoms. The van der Waals surface area contributed by atoms with Gasteiger partial charge in [0.2, 0.25) is 0 Å². The van der Waals surface area contributed by atoms with Crippen LogP contribution in [0.4, 0.5) is 37.8 Å². The number of carbonyl (C=O) groups is 1. The first-order valence-corrected chi connectivity index (χ1v) is 7.19. The minimum atomic E-state index is -4.87. The second kappa shape index (κ2) is 7.33. The maximum absolute atomic E-state index is 12.8. The summed E-state index contributed by atoms with van der Waals surface area (Å²) < 4.78 is 83.4. The van der Waals surface area contributed by atoms with Crippen molar-refractivity contribution in [1.82, 2.24) is 4.98 Å². The summed E-state index contributed by atoms with van der Waals surface area (Å²) in [7, 11) is 0.987. The van der Waals surface area contributed by atoms with Gasteiger partial charge in [-0.15, -0.1) is 13.2 Å². The molecular formula is C16H12F6N2O3. The molecule has 0 saturated carbocycles. The van der Waals surface area contributed by atoms with E-state index in [1.807, 2.05) is 0 Å². The third kappa shape index (κ3) is 5.25. The number of hydrogen-bond donors (Lipinski definition) is 1. The number of rotatable bonds is 4. The van der Waals surface area contributed by atoms with Gasteiger partial charge < -0.3 is 14.8 Å². The number of methoxy groups -OCH3 is 1. The van der Waals surface area contributed by atoms with Crippen LogP contribution in [0.3, 0.4) is 0 Å². The van der Waals surface area contributed by atoms with Gasteiger partial charge in [-0.3, -0.25) is 0 Å². The van der Waals surface area contributed by atoms with Gasteiger partial charge in [-0.2, -0.15) is 13.2 Å². The fraction of sp³-hybridized carbons (Fsp3) is 0.250. The number of hydrogen-bond acceptors (Lipinski definition) is 5. The molecule has 0 radical (unpaired) electrons. The second-order valence-corrected chi connectivity index (χ2v) is 5.26. The van der Waals surface area contributed by atoms with Crippen molar-refractivity contribution in [2.75, 3.05) is 12.4 Å². The number of esters is 1. The van der Waals surface area contributed by atoms with Crippen molar-refractivity contribution in [3.05, 3.63) is 47.2 Å². The van der Waals surface area contributed by atoms with Gasteiger partial charge in [-0.25, -0.2) is 9.78 Å². The number of anilines is 2. The number of aryl methyl sites for hydroxylation is 1. The van der Waals surface area contributed by atoms with Crippen LogP contribution in [-0.2, 0) is 10.9 Å². The number of alkyl halides is 6. The van der Waals surface area contributed by atoms with Crippen LogP contribution in [0.2, 0.25) is 0 Å². The average molecular weight is 394 g/mol. The van der Waals surface area contributed by atoms with Crippen LogP contribution in [0.15, 0.2) is 30.5 Å². The first-order chi connectivity index (χ1) is 12.4. The molecule has 0 saturated heterocycles. The molecule has 0 aliphatic rings. The van der Waals surface area contributed by atoms with Crippen LogP contribution < -0.4 is 10.1 Å². The normalized spacial score (nSPS) is 11.9. The summed E-state index contributed by atoms with van der Waals surface area (Å²) in [5.41, 5.74) is -1.15. The Kier molecular flexibility index (Phi) is 5.52. The van der Waals surface area contributed by atoms with Crippen LogP contribution in [0.5, 0.6) is 5.75 Å². The van der Waals surface area contributed by atoms with Crippen molar-refractivity contribution in [2.45, 2.75) is 19.5 Å². The molecule has 27 heavy (non-hydrogen) atoms. The Morgan fingerprint density at radius 2 is 1.78 bits per heavy atom. The number of nitrogens with one attached hydrogen (secondary N) is 1. The summed E-state index contributed by atoms with van der Waals surface area (Å²) in [5, 5.41) is 2.61. The number of nitrogens with zero attached hydrogens (tertiary/aromatic N) is 1. The van der Waals surface area contributed by atoms with Gasteiger partial charge >= 0.3 is 18.5 Å². The van der Waals surface area contributed by atoms with E-state index in [4.69, 9.17) is 0 Å². The zero-order chi connectivity index (χ0) is 20.4. The van der Waals surface area contributed by atoms with E-state index < -0.39 is 35.4 Å². The zero-order valence-corrected chi connectivity index (χ0v) is 13.8. The maximum atomic E-state index is 12.8. The molecule has 11 heteroatoms.